The van der Waals surface area contributed by atoms with Gasteiger partial charge < -0.3 is 4.90 Å². The molecule has 1 amide bonds. The molecule has 0 aromatic carbocycles. The molecular formula is C20H23N5O3S3. The van der Waals surface area contributed by atoms with Crippen molar-refractivity contribution in [1.82, 2.24) is 23.8 Å². The van der Waals surface area contributed by atoms with E-state index in [2.05, 4.69) is 10.2 Å². The number of hydrogen-bond acceptors (Lipinski definition) is 7. The van der Waals surface area contributed by atoms with Gasteiger partial charge >= 0.3 is 0 Å². The number of carbonyl (C=O) groups excluding carboxylic acids is 1. The topological polar surface area (TPSA) is 87.9 Å². The van der Waals surface area contributed by atoms with Crippen LogP contribution in [-0.4, -0.2) is 75.8 Å². The van der Waals surface area contributed by atoms with E-state index in [-0.39, 0.29) is 16.7 Å². The number of aromatic nitrogens is 3. The second kappa shape index (κ2) is 8.53. The first kappa shape index (κ1) is 20.9. The van der Waals surface area contributed by atoms with Crippen LogP contribution in [0.3, 0.4) is 0 Å². The zero-order chi connectivity index (χ0) is 21.4. The van der Waals surface area contributed by atoms with Gasteiger partial charge in [-0.1, -0.05) is 6.07 Å². The maximum absolute atomic E-state index is 13.2. The maximum Gasteiger partial charge on any atom is 0.265 e. The Hall–Kier alpha value is -1.95. The van der Waals surface area contributed by atoms with Crippen molar-refractivity contribution in [2.24, 2.45) is 0 Å². The largest absolute Gasteiger partial charge is 0.338 e. The van der Waals surface area contributed by atoms with Crippen molar-refractivity contribution >= 4 is 44.7 Å². The molecule has 2 saturated heterocycles. The van der Waals surface area contributed by atoms with Gasteiger partial charge in [0.15, 0.2) is 5.65 Å². The minimum Gasteiger partial charge on any atom is -0.338 e. The van der Waals surface area contributed by atoms with Gasteiger partial charge in [0.1, 0.15) is 15.6 Å². The van der Waals surface area contributed by atoms with Crippen molar-refractivity contribution in [3.8, 4) is 0 Å². The first-order chi connectivity index (χ1) is 15.1. The number of nitrogens with zero attached hydrogens (tertiary/aromatic N) is 5. The van der Waals surface area contributed by atoms with Gasteiger partial charge in [-0.05, 0) is 36.4 Å². The molecule has 5 rings (SSSR count). The SMILES string of the molecule is O=C(c1sccc1S(=O)(=O)N1CCSCC1)N1CCC(c2nnc3ccccn23)CC1. The number of likely N-dealkylation sites (tertiary alicyclic amines) is 1. The molecule has 2 aliphatic heterocycles. The number of pyridine rings is 1. The van der Waals surface area contributed by atoms with Crippen LogP contribution in [0.1, 0.15) is 34.3 Å². The molecule has 0 bridgehead atoms. The average molecular weight is 478 g/mol. The monoisotopic (exact) mass is 477 g/mol. The van der Waals surface area contributed by atoms with Crippen molar-refractivity contribution in [3.63, 3.8) is 0 Å². The highest BCUT2D eigenvalue weighted by molar-refractivity contribution is 7.99. The van der Waals surface area contributed by atoms with Crippen molar-refractivity contribution in [2.75, 3.05) is 37.7 Å². The highest BCUT2D eigenvalue weighted by Gasteiger charge is 2.34. The van der Waals surface area contributed by atoms with Gasteiger partial charge in [0.05, 0.1) is 0 Å². The third-order valence-corrected chi connectivity index (χ3v) is 9.81. The van der Waals surface area contributed by atoms with Crippen LogP contribution in [0.15, 0.2) is 40.7 Å². The molecule has 3 aromatic heterocycles. The summed E-state index contributed by atoms with van der Waals surface area (Å²) in [7, 11) is -3.64. The Morgan fingerprint density at radius 1 is 1.03 bits per heavy atom. The van der Waals surface area contributed by atoms with E-state index >= 15 is 0 Å². The van der Waals surface area contributed by atoms with Crippen LogP contribution in [0.4, 0.5) is 0 Å². The van der Waals surface area contributed by atoms with Crippen LogP contribution >= 0.6 is 23.1 Å². The lowest BCUT2D eigenvalue weighted by Crippen LogP contribution is -2.40. The highest BCUT2D eigenvalue weighted by atomic mass is 32.2. The molecule has 0 N–H and O–H groups in total. The second-order valence-electron chi connectivity index (χ2n) is 7.68. The molecule has 8 nitrogen and oxygen atoms in total. The zero-order valence-corrected chi connectivity index (χ0v) is 19.3. The van der Waals surface area contributed by atoms with Gasteiger partial charge in [-0.2, -0.15) is 16.1 Å². The predicted molar refractivity (Wildman–Crippen MR) is 121 cm³/mol. The molecule has 0 radical (unpaired) electrons. The van der Waals surface area contributed by atoms with E-state index in [1.54, 1.807) is 28.1 Å². The lowest BCUT2D eigenvalue weighted by Gasteiger charge is -2.31. The van der Waals surface area contributed by atoms with E-state index in [0.29, 0.717) is 31.1 Å². The number of rotatable bonds is 4. The zero-order valence-electron chi connectivity index (χ0n) is 16.9. The lowest BCUT2D eigenvalue weighted by atomic mass is 9.96. The molecule has 3 aromatic rings. The summed E-state index contributed by atoms with van der Waals surface area (Å²) in [4.78, 5) is 15.5. The summed E-state index contributed by atoms with van der Waals surface area (Å²) in [5.74, 6) is 2.53. The fourth-order valence-corrected chi connectivity index (χ4v) is 8.14. The van der Waals surface area contributed by atoms with Crippen LogP contribution in [0.25, 0.3) is 5.65 Å². The van der Waals surface area contributed by atoms with E-state index < -0.39 is 10.0 Å². The molecule has 0 atom stereocenters. The normalized spacial score (nSPS) is 19.2. The van der Waals surface area contributed by atoms with Gasteiger partial charge in [-0.25, -0.2) is 8.42 Å². The Morgan fingerprint density at radius 3 is 2.58 bits per heavy atom. The third kappa shape index (κ3) is 3.88. The highest BCUT2D eigenvalue weighted by Crippen LogP contribution is 2.31. The minimum atomic E-state index is -3.64. The summed E-state index contributed by atoms with van der Waals surface area (Å²) < 4.78 is 29.8. The molecule has 11 heteroatoms. The predicted octanol–water partition coefficient (Wildman–Crippen LogP) is 2.55. The quantitative estimate of drug-likeness (QED) is 0.574. The summed E-state index contributed by atoms with van der Waals surface area (Å²) in [6.45, 7) is 2.13. The first-order valence-corrected chi connectivity index (χ1v) is 13.8. The number of sulfonamides is 1. The average Bonchev–Trinajstić information content (AvgIpc) is 3.47. The number of thioether (sulfide) groups is 1. The molecule has 164 valence electrons. The number of piperidine rings is 1. The standard InChI is InChI=1S/C20H23N5O3S3/c26-20(18-16(6-12-30-18)31(27,28)24-10-13-29-14-11-24)23-8-4-15(5-9-23)19-22-21-17-3-1-2-7-25(17)19/h1-3,6-7,12,15H,4-5,8-11,13-14H2. The molecule has 2 fully saturated rings. The van der Waals surface area contributed by atoms with Crippen LogP contribution in [-0.2, 0) is 10.0 Å². The Balaban J connectivity index is 1.31. The summed E-state index contributed by atoms with van der Waals surface area (Å²) >= 11 is 2.97. The van der Waals surface area contributed by atoms with Crippen molar-refractivity contribution in [3.05, 3.63) is 46.5 Å². The smallest absolute Gasteiger partial charge is 0.265 e. The van der Waals surface area contributed by atoms with Crippen molar-refractivity contribution in [1.29, 1.82) is 0 Å². The Labute approximate surface area is 189 Å². The molecule has 0 unspecified atom stereocenters. The van der Waals surface area contributed by atoms with Crippen LogP contribution in [0, 0.1) is 0 Å². The number of hydrogen-bond donors (Lipinski definition) is 0. The molecule has 0 saturated carbocycles. The molecule has 0 spiro atoms. The molecular weight excluding hydrogens is 454 g/mol. The maximum atomic E-state index is 13.2. The van der Waals surface area contributed by atoms with Crippen molar-refractivity contribution in [2.45, 2.75) is 23.7 Å². The molecule has 0 aliphatic carbocycles. The van der Waals surface area contributed by atoms with E-state index in [1.165, 1.54) is 15.6 Å². The summed E-state index contributed by atoms with van der Waals surface area (Å²) in [6, 6.07) is 7.39. The number of carbonyl (C=O) groups is 1. The van der Waals surface area contributed by atoms with Crippen LogP contribution in [0.5, 0.6) is 0 Å². The van der Waals surface area contributed by atoms with Gasteiger partial charge in [0, 0.05) is 49.8 Å². The van der Waals surface area contributed by atoms with Crippen LogP contribution < -0.4 is 0 Å². The summed E-state index contributed by atoms with van der Waals surface area (Å²) in [5, 5.41) is 10.3. The summed E-state index contributed by atoms with van der Waals surface area (Å²) in [6.07, 6.45) is 3.51. The molecule has 2 aliphatic rings. The Bertz CT molecular complexity index is 1190. The molecule has 5 heterocycles. The summed E-state index contributed by atoms with van der Waals surface area (Å²) in [5.41, 5.74) is 0.820. The van der Waals surface area contributed by atoms with Gasteiger partial charge in [-0.15, -0.1) is 21.5 Å². The van der Waals surface area contributed by atoms with Gasteiger partial charge in [-0.3, -0.25) is 9.20 Å². The Morgan fingerprint density at radius 2 is 1.81 bits per heavy atom. The van der Waals surface area contributed by atoms with Crippen LogP contribution in [0.2, 0.25) is 0 Å². The number of fused-ring (bicyclic) bond motifs is 1. The Kier molecular flexibility index (Phi) is 5.76. The van der Waals surface area contributed by atoms with E-state index in [1.807, 2.05) is 28.8 Å². The van der Waals surface area contributed by atoms with E-state index in [9.17, 15) is 13.2 Å². The number of amides is 1. The van der Waals surface area contributed by atoms with E-state index in [0.717, 1.165) is 35.8 Å². The fraction of sp³-hybridized carbons (Fsp3) is 0.450. The molecule has 31 heavy (non-hydrogen) atoms. The van der Waals surface area contributed by atoms with Gasteiger partial charge in [0.2, 0.25) is 10.0 Å². The second-order valence-corrected chi connectivity index (χ2v) is 11.7. The minimum absolute atomic E-state index is 0.153. The van der Waals surface area contributed by atoms with Crippen molar-refractivity contribution < 1.29 is 13.2 Å². The van der Waals surface area contributed by atoms with Gasteiger partial charge in [0.25, 0.3) is 5.91 Å². The fourth-order valence-electron chi connectivity index (χ4n) is 4.21. The number of thiophene rings is 1. The third-order valence-electron chi connectivity index (χ3n) is 5.90. The first-order valence-electron chi connectivity index (χ1n) is 10.3. The lowest BCUT2D eigenvalue weighted by molar-refractivity contribution is 0.0712. The van der Waals surface area contributed by atoms with E-state index in [4.69, 9.17) is 0 Å².